The van der Waals surface area contributed by atoms with Crippen LogP contribution in [0.5, 0.6) is 0 Å². The van der Waals surface area contributed by atoms with E-state index in [1.165, 1.54) is 12.0 Å². The molecular formula is C19H29ClN4O. The molecule has 138 valence electrons. The molecule has 25 heavy (non-hydrogen) atoms. The first-order chi connectivity index (χ1) is 12.1. The predicted octanol–water partition coefficient (Wildman–Crippen LogP) is 2.70. The summed E-state index contributed by atoms with van der Waals surface area (Å²) in [5, 5.41) is 7.24. The van der Waals surface area contributed by atoms with E-state index in [-0.39, 0.29) is 5.91 Å². The van der Waals surface area contributed by atoms with Gasteiger partial charge >= 0.3 is 0 Å². The number of nitrogens with zero attached hydrogens (tertiary/aromatic N) is 2. The van der Waals surface area contributed by atoms with Crippen molar-refractivity contribution in [1.29, 1.82) is 0 Å². The number of rotatable bonds is 6. The number of likely N-dealkylation sites (tertiary alicyclic amines) is 1. The summed E-state index contributed by atoms with van der Waals surface area (Å²) in [4.78, 5) is 18.5. The van der Waals surface area contributed by atoms with Crippen LogP contribution in [-0.2, 0) is 11.2 Å². The second kappa shape index (κ2) is 10.3. The molecule has 1 atom stereocenters. The van der Waals surface area contributed by atoms with Crippen LogP contribution in [0.15, 0.2) is 29.3 Å². The number of halogens is 1. The molecule has 1 aromatic carbocycles. The minimum Gasteiger partial charge on any atom is -0.356 e. The van der Waals surface area contributed by atoms with Crippen LogP contribution in [0.4, 0.5) is 0 Å². The van der Waals surface area contributed by atoms with Crippen LogP contribution < -0.4 is 10.6 Å². The van der Waals surface area contributed by atoms with Crippen molar-refractivity contribution in [2.45, 2.75) is 32.6 Å². The molecule has 0 aliphatic carbocycles. The first-order valence-corrected chi connectivity index (χ1v) is 9.43. The maximum absolute atomic E-state index is 12.3. The van der Waals surface area contributed by atoms with Crippen molar-refractivity contribution in [2.24, 2.45) is 10.9 Å². The number of hydrogen-bond donors (Lipinski definition) is 2. The summed E-state index contributed by atoms with van der Waals surface area (Å²) in [6.07, 6.45) is 3.74. The average Bonchev–Trinajstić information content (AvgIpc) is 2.62. The van der Waals surface area contributed by atoms with Gasteiger partial charge in [0.15, 0.2) is 5.96 Å². The monoisotopic (exact) mass is 364 g/mol. The van der Waals surface area contributed by atoms with Gasteiger partial charge in [0.25, 0.3) is 0 Å². The molecule has 1 aliphatic rings. The van der Waals surface area contributed by atoms with Gasteiger partial charge < -0.3 is 15.5 Å². The first-order valence-electron chi connectivity index (χ1n) is 9.05. The van der Waals surface area contributed by atoms with Gasteiger partial charge in [-0.2, -0.15) is 0 Å². The van der Waals surface area contributed by atoms with Crippen molar-refractivity contribution >= 4 is 23.5 Å². The number of carbonyl (C=O) groups is 1. The predicted molar refractivity (Wildman–Crippen MR) is 104 cm³/mol. The van der Waals surface area contributed by atoms with Crippen molar-refractivity contribution in [3.63, 3.8) is 0 Å². The van der Waals surface area contributed by atoms with E-state index in [1.54, 1.807) is 7.05 Å². The van der Waals surface area contributed by atoms with Crippen molar-refractivity contribution in [3.8, 4) is 0 Å². The lowest BCUT2D eigenvalue weighted by atomic mass is 10.00. The quantitative estimate of drug-likeness (QED) is 0.602. The largest absolute Gasteiger partial charge is 0.356 e. The number of guanidine groups is 1. The zero-order chi connectivity index (χ0) is 18.1. The van der Waals surface area contributed by atoms with Gasteiger partial charge in [-0.15, -0.1) is 0 Å². The molecule has 6 heteroatoms. The summed E-state index contributed by atoms with van der Waals surface area (Å²) in [5.41, 5.74) is 1.22. The smallest absolute Gasteiger partial charge is 0.224 e. The summed E-state index contributed by atoms with van der Waals surface area (Å²) in [5.74, 6) is 1.58. The third-order valence-electron chi connectivity index (χ3n) is 4.48. The van der Waals surface area contributed by atoms with E-state index in [9.17, 15) is 4.79 Å². The molecule has 0 saturated carbocycles. The van der Waals surface area contributed by atoms with Crippen LogP contribution in [0, 0.1) is 5.92 Å². The molecule has 1 heterocycles. The van der Waals surface area contributed by atoms with E-state index < -0.39 is 0 Å². The summed E-state index contributed by atoms with van der Waals surface area (Å²) in [7, 11) is 1.74. The van der Waals surface area contributed by atoms with Gasteiger partial charge in [-0.3, -0.25) is 9.79 Å². The van der Waals surface area contributed by atoms with Crippen molar-refractivity contribution in [1.82, 2.24) is 15.5 Å². The van der Waals surface area contributed by atoms with Crippen LogP contribution in [0.2, 0.25) is 5.02 Å². The van der Waals surface area contributed by atoms with Crippen LogP contribution in [0.3, 0.4) is 0 Å². The molecule has 1 unspecified atom stereocenters. The highest BCUT2D eigenvalue weighted by molar-refractivity contribution is 6.30. The van der Waals surface area contributed by atoms with Crippen molar-refractivity contribution < 1.29 is 4.79 Å². The van der Waals surface area contributed by atoms with E-state index in [2.05, 4.69) is 22.5 Å². The molecule has 1 amide bonds. The minimum atomic E-state index is 0.232. The molecule has 0 aromatic heterocycles. The number of piperidine rings is 1. The number of carbonyl (C=O) groups excluding carboxylic acids is 1. The fourth-order valence-electron chi connectivity index (χ4n) is 3.06. The van der Waals surface area contributed by atoms with Crippen LogP contribution >= 0.6 is 11.6 Å². The van der Waals surface area contributed by atoms with Gasteiger partial charge in [0.1, 0.15) is 0 Å². The molecule has 2 N–H and O–H groups in total. The topological polar surface area (TPSA) is 56.7 Å². The molecule has 1 fully saturated rings. The summed E-state index contributed by atoms with van der Waals surface area (Å²) in [6, 6.07) is 7.85. The Kier molecular flexibility index (Phi) is 8.06. The second-order valence-electron chi connectivity index (χ2n) is 6.64. The standard InChI is InChI=1S/C19H29ClN4O/c1-15-4-3-13-24(14-15)18(25)10-12-23-19(21-2)22-11-9-16-5-7-17(20)8-6-16/h5-8,15H,3-4,9-14H2,1-2H3,(H2,21,22,23). The molecule has 1 aromatic rings. The molecule has 0 radical (unpaired) electrons. The maximum Gasteiger partial charge on any atom is 0.224 e. The van der Waals surface area contributed by atoms with Crippen molar-refractivity contribution in [3.05, 3.63) is 34.9 Å². The minimum absolute atomic E-state index is 0.232. The Bertz CT molecular complexity index is 573. The number of nitrogens with one attached hydrogen (secondary N) is 2. The van der Waals surface area contributed by atoms with E-state index in [4.69, 9.17) is 11.6 Å². The Morgan fingerprint density at radius 2 is 2.00 bits per heavy atom. The van der Waals surface area contributed by atoms with Gasteiger partial charge in [0.2, 0.25) is 5.91 Å². The molecule has 5 nitrogen and oxygen atoms in total. The number of hydrogen-bond acceptors (Lipinski definition) is 2. The second-order valence-corrected chi connectivity index (χ2v) is 7.08. The highest BCUT2D eigenvalue weighted by Gasteiger charge is 2.20. The van der Waals surface area contributed by atoms with Gasteiger partial charge in [-0.25, -0.2) is 0 Å². The van der Waals surface area contributed by atoms with E-state index in [0.29, 0.717) is 18.9 Å². The zero-order valence-corrected chi connectivity index (χ0v) is 16.0. The van der Waals surface area contributed by atoms with Crippen molar-refractivity contribution in [2.75, 3.05) is 33.2 Å². The van der Waals surface area contributed by atoms with E-state index in [0.717, 1.165) is 43.5 Å². The lowest BCUT2D eigenvalue weighted by Crippen LogP contribution is -2.42. The van der Waals surface area contributed by atoms with Gasteiger partial charge in [0, 0.05) is 44.7 Å². The highest BCUT2D eigenvalue weighted by Crippen LogP contribution is 2.15. The summed E-state index contributed by atoms with van der Waals surface area (Å²) < 4.78 is 0. The fraction of sp³-hybridized carbons (Fsp3) is 0.579. The van der Waals surface area contributed by atoms with Gasteiger partial charge in [0.05, 0.1) is 0 Å². The molecule has 1 aliphatic heterocycles. The highest BCUT2D eigenvalue weighted by atomic mass is 35.5. The Labute approximate surface area is 155 Å². The Morgan fingerprint density at radius 1 is 1.28 bits per heavy atom. The average molecular weight is 365 g/mol. The fourth-order valence-corrected chi connectivity index (χ4v) is 3.18. The SMILES string of the molecule is CN=C(NCCC(=O)N1CCCC(C)C1)NCCc1ccc(Cl)cc1. The number of amides is 1. The van der Waals surface area contributed by atoms with Crippen LogP contribution in [0.25, 0.3) is 0 Å². The third-order valence-corrected chi connectivity index (χ3v) is 4.74. The molecule has 1 saturated heterocycles. The van der Waals surface area contributed by atoms with Gasteiger partial charge in [-0.05, 0) is 42.9 Å². The molecule has 2 rings (SSSR count). The number of aliphatic imine (C=N–C) groups is 1. The first kappa shape index (κ1) is 19.6. The maximum atomic E-state index is 12.3. The molecule has 0 bridgehead atoms. The third kappa shape index (κ3) is 6.94. The van der Waals surface area contributed by atoms with Gasteiger partial charge in [-0.1, -0.05) is 30.7 Å². The lowest BCUT2D eigenvalue weighted by molar-refractivity contribution is -0.132. The zero-order valence-electron chi connectivity index (χ0n) is 15.2. The number of benzene rings is 1. The van der Waals surface area contributed by atoms with E-state index in [1.807, 2.05) is 29.2 Å². The van der Waals surface area contributed by atoms with E-state index >= 15 is 0 Å². The normalized spacial score (nSPS) is 18.1. The Balaban J connectivity index is 1.64. The molecular weight excluding hydrogens is 336 g/mol. The Morgan fingerprint density at radius 3 is 2.68 bits per heavy atom. The Hall–Kier alpha value is -1.75. The summed E-state index contributed by atoms with van der Waals surface area (Å²) in [6.45, 7) is 5.39. The molecule has 0 spiro atoms. The van der Waals surface area contributed by atoms with Crippen LogP contribution in [-0.4, -0.2) is 50.0 Å². The van der Waals surface area contributed by atoms with Crippen LogP contribution in [0.1, 0.15) is 31.7 Å². The summed E-state index contributed by atoms with van der Waals surface area (Å²) >= 11 is 5.89. The lowest BCUT2D eigenvalue weighted by Gasteiger charge is -2.31.